The fourth-order valence-corrected chi connectivity index (χ4v) is 6.24. The molecule has 0 spiro atoms. The van der Waals surface area contributed by atoms with Gasteiger partial charge < -0.3 is 14.6 Å². The van der Waals surface area contributed by atoms with E-state index in [2.05, 4.69) is 16.0 Å². The van der Waals surface area contributed by atoms with Crippen LogP contribution in [0.15, 0.2) is 29.8 Å². The fourth-order valence-electron chi connectivity index (χ4n) is 4.75. The van der Waals surface area contributed by atoms with E-state index in [0.29, 0.717) is 17.9 Å². The molecule has 1 aromatic carbocycles. The first-order valence-corrected chi connectivity index (χ1v) is 13.1. The summed E-state index contributed by atoms with van der Waals surface area (Å²) in [5.41, 5.74) is 7.06. The van der Waals surface area contributed by atoms with E-state index in [1.165, 1.54) is 4.88 Å². The van der Waals surface area contributed by atoms with Crippen LogP contribution >= 0.6 is 11.3 Å². The van der Waals surface area contributed by atoms with Gasteiger partial charge in [0, 0.05) is 22.0 Å². The molecule has 7 heteroatoms. The van der Waals surface area contributed by atoms with E-state index in [0.717, 1.165) is 64.3 Å². The van der Waals surface area contributed by atoms with Gasteiger partial charge in [0.15, 0.2) is 0 Å². The number of anilines is 1. The van der Waals surface area contributed by atoms with E-state index in [1.54, 1.807) is 17.4 Å². The second-order valence-corrected chi connectivity index (χ2v) is 10.2. The monoisotopic (exact) mass is 501 g/mol. The third-order valence-electron chi connectivity index (χ3n) is 6.82. The predicted molar refractivity (Wildman–Crippen MR) is 144 cm³/mol. The average Bonchev–Trinajstić information content (AvgIpc) is 3.36. The lowest BCUT2D eigenvalue weighted by atomic mass is 9.95. The van der Waals surface area contributed by atoms with Crippen LogP contribution in [-0.2, 0) is 22.4 Å². The molecule has 4 rings (SSSR count). The molecular weight excluding hydrogens is 470 g/mol. The largest absolute Gasteiger partial charge is 0.462 e. The summed E-state index contributed by atoms with van der Waals surface area (Å²) in [6.07, 6.45) is 5.65. The number of nitrogens with one attached hydrogen (secondary N) is 1. The molecule has 0 radical (unpaired) electrons. The lowest BCUT2D eigenvalue weighted by molar-refractivity contribution is -0.112. The number of fused-ring (bicyclic) bond motifs is 1. The Morgan fingerprint density at radius 1 is 1.19 bits per heavy atom. The third kappa shape index (κ3) is 4.74. The van der Waals surface area contributed by atoms with Gasteiger partial charge in [0.25, 0.3) is 5.91 Å². The van der Waals surface area contributed by atoms with E-state index in [-0.39, 0.29) is 11.5 Å². The molecule has 2 heterocycles. The minimum atomic E-state index is -0.449. The molecule has 1 amide bonds. The van der Waals surface area contributed by atoms with Crippen molar-refractivity contribution >= 4 is 35.0 Å². The molecule has 0 aliphatic heterocycles. The standard InChI is InChI=1S/C29H31N3O3S/c1-6-35-29(34)26-23-11-7-8-13-25(23)36-28(26)32-18(3)14-21(20(32)5)15-22(16-30)27(33)31-24-12-9-10-17(2)19(24)4/h9-10,12,14-15H,6-8,11,13H2,1-5H3,(H,31,33). The van der Waals surface area contributed by atoms with E-state index in [9.17, 15) is 14.9 Å². The number of hydrogen-bond acceptors (Lipinski definition) is 5. The highest BCUT2D eigenvalue weighted by Gasteiger charge is 2.28. The first-order chi connectivity index (χ1) is 17.3. The summed E-state index contributed by atoms with van der Waals surface area (Å²) < 4.78 is 7.49. The third-order valence-corrected chi connectivity index (χ3v) is 8.10. The van der Waals surface area contributed by atoms with Gasteiger partial charge in [-0.25, -0.2) is 4.79 Å². The summed E-state index contributed by atoms with van der Waals surface area (Å²) in [5, 5.41) is 13.5. The number of benzene rings is 1. The van der Waals surface area contributed by atoms with Gasteiger partial charge >= 0.3 is 5.97 Å². The zero-order valence-corrected chi connectivity index (χ0v) is 22.3. The summed E-state index contributed by atoms with van der Waals surface area (Å²) in [6.45, 7) is 9.98. The van der Waals surface area contributed by atoms with Crippen molar-refractivity contribution < 1.29 is 14.3 Å². The smallest absolute Gasteiger partial charge is 0.341 e. The molecule has 186 valence electrons. The fraction of sp³-hybridized carbons (Fsp3) is 0.345. The van der Waals surface area contributed by atoms with E-state index in [4.69, 9.17) is 4.74 Å². The minimum Gasteiger partial charge on any atom is -0.462 e. The number of aryl methyl sites for hydroxylation is 3. The van der Waals surface area contributed by atoms with Gasteiger partial charge in [0.2, 0.25) is 0 Å². The van der Waals surface area contributed by atoms with Crippen molar-refractivity contribution in [1.82, 2.24) is 4.57 Å². The zero-order valence-electron chi connectivity index (χ0n) is 21.4. The molecule has 0 unspecified atom stereocenters. The van der Waals surface area contributed by atoms with Crippen LogP contribution in [0.1, 0.15) is 68.6 Å². The Morgan fingerprint density at radius 3 is 2.67 bits per heavy atom. The van der Waals surface area contributed by atoms with Crippen molar-refractivity contribution in [3.05, 3.63) is 73.9 Å². The topological polar surface area (TPSA) is 84.1 Å². The van der Waals surface area contributed by atoms with Gasteiger partial charge in [0.1, 0.15) is 16.6 Å². The van der Waals surface area contributed by atoms with Gasteiger partial charge in [-0.05, 0) is 101 Å². The number of thiophene rings is 1. The molecule has 1 aliphatic carbocycles. The van der Waals surface area contributed by atoms with Crippen molar-refractivity contribution in [1.29, 1.82) is 5.26 Å². The number of carbonyl (C=O) groups is 2. The Hall–Kier alpha value is -3.63. The summed E-state index contributed by atoms with van der Waals surface area (Å²) in [7, 11) is 0. The van der Waals surface area contributed by atoms with E-state index < -0.39 is 5.91 Å². The van der Waals surface area contributed by atoms with E-state index in [1.807, 2.05) is 58.9 Å². The Bertz CT molecular complexity index is 1420. The predicted octanol–water partition coefficient (Wildman–Crippen LogP) is 6.37. The summed E-state index contributed by atoms with van der Waals surface area (Å²) in [5.74, 6) is -0.739. The van der Waals surface area contributed by atoms with Gasteiger partial charge in [-0.15, -0.1) is 11.3 Å². The first kappa shape index (κ1) is 25.5. The SMILES string of the molecule is CCOC(=O)c1c(-n2c(C)cc(C=C(C#N)C(=O)Nc3cccc(C)c3C)c2C)sc2c1CCCC2. The molecule has 0 saturated heterocycles. The van der Waals surface area contributed by atoms with Gasteiger partial charge in [-0.1, -0.05) is 12.1 Å². The molecule has 36 heavy (non-hydrogen) atoms. The summed E-state index contributed by atoms with van der Waals surface area (Å²) in [6, 6.07) is 9.69. The number of nitriles is 1. The molecule has 0 bridgehead atoms. The van der Waals surface area contributed by atoms with Crippen molar-refractivity contribution in [3.8, 4) is 11.1 Å². The maximum atomic E-state index is 13.0. The molecule has 0 fully saturated rings. The minimum absolute atomic E-state index is 0.0206. The number of esters is 1. The van der Waals surface area contributed by atoms with Crippen LogP contribution in [0.2, 0.25) is 0 Å². The zero-order chi connectivity index (χ0) is 26.0. The molecular formula is C29H31N3O3S. The first-order valence-electron chi connectivity index (χ1n) is 12.3. The number of amides is 1. The summed E-state index contributed by atoms with van der Waals surface area (Å²) in [4.78, 5) is 27.2. The van der Waals surface area contributed by atoms with Crippen LogP contribution in [-0.4, -0.2) is 23.1 Å². The number of aromatic nitrogens is 1. The molecule has 1 N–H and O–H groups in total. The van der Waals surface area contributed by atoms with Crippen molar-refractivity contribution in [2.24, 2.45) is 0 Å². The quantitative estimate of drug-likeness (QED) is 0.241. The van der Waals surface area contributed by atoms with Crippen molar-refractivity contribution in [2.75, 3.05) is 11.9 Å². The van der Waals surface area contributed by atoms with Crippen LogP contribution in [0.3, 0.4) is 0 Å². The lowest BCUT2D eigenvalue weighted by Gasteiger charge is -2.13. The number of ether oxygens (including phenoxy) is 1. The molecule has 0 atom stereocenters. The Kier molecular flexibility index (Phi) is 7.46. The highest BCUT2D eigenvalue weighted by Crippen LogP contribution is 2.39. The highest BCUT2D eigenvalue weighted by atomic mass is 32.1. The highest BCUT2D eigenvalue weighted by molar-refractivity contribution is 7.15. The molecule has 1 aliphatic rings. The van der Waals surface area contributed by atoms with Crippen molar-refractivity contribution in [3.63, 3.8) is 0 Å². The van der Waals surface area contributed by atoms with Gasteiger partial charge in [0.05, 0.1) is 12.2 Å². The second-order valence-electron chi connectivity index (χ2n) is 9.14. The Morgan fingerprint density at radius 2 is 1.94 bits per heavy atom. The van der Waals surface area contributed by atoms with Gasteiger partial charge in [-0.3, -0.25) is 4.79 Å². The number of nitrogens with zero attached hydrogens (tertiary/aromatic N) is 2. The normalized spacial score (nSPS) is 13.2. The van der Waals surface area contributed by atoms with Crippen LogP contribution in [0.25, 0.3) is 11.1 Å². The maximum Gasteiger partial charge on any atom is 0.341 e. The van der Waals surface area contributed by atoms with Gasteiger partial charge in [-0.2, -0.15) is 5.26 Å². The van der Waals surface area contributed by atoms with Crippen LogP contribution < -0.4 is 5.32 Å². The van der Waals surface area contributed by atoms with Crippen LogP contribution in [0.4, 0.5) is 5.69 Å². The Balaban J connectivity index is 1.74. The van der Waals surface area contributed by atoms with E-state index >= 15 is 0 Å². The number of carbonyl (C=O) groups excluding carboxylic acids is 2. The number of hydrogen-bond donors (Lipinski definition) is 1. The second kappa shape index (κ2) is 10.5. The maximum absolute atomic E-state index is 13.0. The molecule has 6 nitrogen and oxygen atoms in total. The molecule has 2 aromatic heterocycles. The molecule has 3 aromatic rings. The lowest BCUT2D eigenvalue weighted by Crippen LogP contribution is -2.14. The summed E-state index contributed by atoms with van der Waals surface area (Å²) >= 11 is 1.64. The van der Waals surface area contributed by atoms with Crippen LogP contribution in [0.5, 0.6) is 0 Å². The molecule has 0 saturated carbocycles. The van der Waals surface area contributed by atoms with Crippen molar-refractivity contribution in [2.45, 2.75) is 60.3 Å². The number of rotatable bonds is 6. The average molecular weight is 502 g/mol. The Labute approximate surface area is 216 Å². The van der Waals surface area contributed by atoms with Crippen LogP contribution in [0, 0.1) is 39.0 Å².